The molecule has 0 fully saturated rings. The van der Waals surface area contributed by atoms with Crippen molar-refractivity contribution in [2.45, 2.75) is 39.5 Å². The van der Waals surface area contributed by atoms with Gasteiger partial charge in [0.15, 0.2) is 6.67 Å². The van der Waals surface area contributed by atoms with E-state index in [1.54, 1.807) is 0 Å². The highest BCUT2D eigenvalue weighted by molar-refractivity contribution is 4.81. The summed E-state index contributed by atoms with van der Waals surface area (Å²) in [6.07, 6.45) is 9.89. The lowest BCUT2D eigenvalue weighted by atomic mass is 10.3. The Bertz CT molecular complexity index is 194. The fraction of sp³-hybridized carbons (Fsp3) is 0.833. The molecule has 3 heteroatoms. The van der Waals surface area contributed by atoms with E-state index in [0.717, 1.165) is 4.48 Å². The first-order chi connectivity index (χ1) is 6.70. The lowest BCUT2D eigenvalue weighted by Gasteiger charge is -2.28. The minimum absolute atomic E-state index is 0. The van der Waals surface area contributed by atoms with Crippen LogP contribution in [0.25, 0.3) is 0 Å². The van der Waals surface area contributed by atoms with Crippen molar-refractivity contribution >= 4 is 0 Å². The van der Waals surface area contributed by atoms with E-state index < -0.39 is 0 Å². The Kier molecular flexibility index (Phi) is 7.61. The molecule has 0 bridgehead atoms. The highest BCUT2D eigenvalue weighted by atomic mass is 127. The van der Waals surface area contributed by atoms with Crippen LogP contribution in [0, 0.1) is 0 Å². The number of unbranched alkanes of at least 4 members (excludes halogenated alkanes) is 2. The Labute approximate surface area is 112 Å². The number of nitrogens with zero attached hydrogens (tertiary/aromatic N) is 2. The highest BCUT2D eigenvalue weighted by Crippen LogP contribution is 2.16. The van der Waals surface area contributed by atoms with Crippen LogP contribution in [0.1, 0.15) is 39.5 Å². The largest absolute Gasteiger partial charge is 1.00 e. The molecule has 0 aliphatic carbocycles. The number of rotatable bonds is 6. The van der Waals surface area contributed by atoms with Gasteiger partial charge in [-0.2, -0.15) is 0 Å². The molecule has 15 heavy (non-hydrogen) atoms. The Morgan fingerprint density at radius 1 is 1.20 bits per heavy atom. The topological polar surface area (TPSA) is 3.24 Å². The third-order valence-electron chi connectivity index (χ3n) is 2.96. The first-order valence-electron chi connectivity index (χ1n) is 5.98. The smallest absolute Gasteiger partial charge is 0.158 e. The second-order valence-electron chi connectivity index (χ2n) is 4.66. The summed E-state index contributed by atoms with van der Waals surface area (Å²) in [5, 5.41) is 0. The average Bonchev–Trinajstić information content (AvgIpc) is 2.55. The SMILES string of the molecule is CCCCN1C=C[N+](C)(CCCC)C1.[I-]. The van der Waals surface area contributed by atoms with Gasteiger partial charge in [-0.1, -0.05) is 26.7 Å². The van der Waals surface area contributed by atoms with Gasteiger partial charge in [0, 0.05) is 6.54 Å². The van der Waals surface area contributed by atoms with Crippen LogP contribution in [0.15, 0.2) is 12.4 Å². The number of halogens is 1. The second kappa shape index (κ2) is 7.49. The number of hydrogen-bond acceptors (Lipinski definition) is 1. The van der Waals surface area contributed by atoms with E-state index in [2.05, 4.69) is 38.2 Å². The molecule has 0 aromatic carbocycles. The molecule has 0 spiro atoms. The van der Waals surface area contributed by atoms with Crippen LogP contribution in [-0.2, 0) is 0 Å². The molecule has 0 radical (unpaired) electrons. The van der Waals surface area contributed by atoms with Crippen LogP contribution in [0.2, 0.25) is 0 Å². The summed E-state index contributed by atoms with van der Waals surface area (Å²) in [6, 6.07) is 0. The standard InChI is InChI=1S/C12H25N2.HI/c1-4-6-8-13-9-11-14(3,12-13)10-7-5-2;/h9,11H,4-8,10,12H2,1-3H3;1H/q+1;/p-1. The Morgan fingerprint density at radius 2 is 1.87 bits per heavy atom. The molecule has 1 heterocycles. The monoisotopic (exact) mass is 324 g/mol. The lowest BCUT2D eigenvalue weighted by molar-refractivity contribution is -0.861. The van der Waals surface area contributed by atoms with Gasteiger partial charge in [-0.15, -0.1) is 0 Å². The van der Waals surface area contributed by atoms with Gasteiger partial charge < -0.3 is 28.9 Å². The van der Waals surface area contributed by atoms with Gasteiger partial charge >= 0.3 is 0 Å². The van der Waals surface area contributed by atoms with Crippen molar-refractivity contribution < 1.29 is 28.5 Å². The molecule has 1 atom stereocenters. The lowest BCUT2D eigenvalue weighted by Crippen LogP contribution is -3.00. The molecular weight excluding hydrogens is 299 g/mol. The molecule has 0 N–H and O–H groups in total. The molecule has 1 aliphatic heterocycles. The maximum atomic E-state index is 2.46. The third-order valence-corrected chi connectivity index (χ3v) is 2.96. The molecule has 90 valence electrons. The van der Waals surface area contributed by atoms with Crippen molar-refractivity contribution in [1.29, 1.82) is 0 Å². The van der Waals surface area contributed by atoms with Crippen molar-refractivity contribution in [2.24, 2.45) is 0 Å². The predicted molar refractivity (Wildman–Crippen MR) is 61.6 cm³/mol. The normalized spacial score (nSPS) is 24.3. The Hall–Kier alpha value is 0.230. The summed E-state index contributed by atoms with van der Waals surface area (Å²) in [7, 11) is 2.33. The van der Waals surface area contributed by atoms with E-state index in [1.165, 1.54) is 45.4 Å². The molecule has 0 saturated heterocycles. The van der Waals surface area contributed by atoms with E-state index in [-0.39, 0.29) is 24.0 Å². The Morgan fingerprint density at radius 3 is 2.47 bits per heavy atom. The third kappa shape index (κ3) is 5.20. The first-order valence-corrected chi connectivity index (χ1v) is 5.98. The summed E-state index contributed by atoms with van der Waals surface area (Å²) in [4.78, 5) is 2.46. The van der Waals surface area contributed by atoms with E-state index in [4.69, 9.17) is 0 Å². The minimum atomic E-state index is 0. The summed E-state index contributed by atoms with van der Waals surface area (Å²) in [5.41, 5.74) is 0. The van der Waals surface area contributed by atoms with Gasteiger partial charge in [0.25, 0.3) is 0 Å². The van der Waals surface area contributed by atoms with Crippen molar-refractivity contribution in [3.63, 3.8) is 0 Å². The van der Waals surface area contributed by atoms with Crippen LogP contribution < -0.4 is 24.0 Å². The van der Waals surface area contributed by atoms with Crippen molar-refractivity contribution in [3.8, 4) is 0 Å². The number of hydrogen-bond donors (Lipinski definition) is 0. The molecule has 1 unspecified atom stereocenters. The fourth-order valence-corrected chi connectivity index (χ4v) is 1.94. The van der Waals surface area contributed by atoms with Gasteiger partial charge in [0.05, 0.1) is 19.8 Å². The zero-order valence-electron chi connectivity index (χ0n) is 10.4. The summed E-state index contributed by atoms with van der Waals surface area (Å²) >= 11 is 0. The zero-order valence-corrected chi connectivity index (χ0v) is 12.5. The fourth-order valence-electron chi connectivity index (χ4n) is 1.94. The van der Waals surface area contributed by atoms with Crippen molar-refractivity contribution in [1.82, 2.24) is 4.90 Å². The molecule has 2 nitrogen and oxygen atoms in total. The maximum absolute atomic E-state index is 2.46. The van der Waals surface area contributed by atoms with E-state index in [0.29, 0.717) is 0 Å². The second-order valence-corrected chi connectivity index (χ2v) is 4.66. The van der Waals surface area contributed by atoms with E-state index >= 15 is 0 Å². The maximum Gasteiger partial charge on any atom is 0.158 e. The van der Waals surface area contributed by atoms with Gasteiger partial charge in [-0.25, -0.2) is 0 Å². The Balaban J connectivity index is 0.00000196. The minimum Gasteiger partial charge on any atom is -1.00 e. The molecule has 0 amide bonds. The quantitative estimate of drug-likeness (QED) is 0.482. The summed E-state index contributed by atoms with van der Waals surface area (Å²) in [6.45, 7) is 8.22. The zero-order chi connectivity index (χ0) is 10.4. The van der Waals surface area contributed by atoms with E-state index in [1.807, 2.05) is 0 Å². The molecule has 0 saturated carbocycles. The average molecular weight is 324 g/mol. The van der Waals surface area contributed by atoms with Gasteiger partial charge in [-0.3, -0.25) is 4.48 Å². The van der Waals surface area contributed by atoms with Crippen LogP contribution in [0.3, 0.4) is 0 Å². The molecular formula is C12H25IN2. The molecule has 0 aromatic rings. The van der Waals surface area contributed by atoms with Gasteiger partial charge in [0.2, 0.25) is 0 Å². The molecule has 1 aliphatic rings. The highest BCUT2D eigenvalue weighted by Gasteiger charge is 2.25. The van der Waals surface area contributed by atoms with Crippen LogP contribution in [0.5, 0.6) is 0 Å². The predicted octanol–water partition coefficient (Wildman–Crippen LogP) is -0.218. The first kappa shape index (κ1) is 15.2. The molecule has 0 aromatic heterocycles. The van der Waals surface area contributed by atoms with Crippen LogP contribution >= 0.6 is 0 Å². The van der Waals surface area contributed by atoms with Gasteiger partial charge in [-0.05, 0) is 12.8 Å². The molecule has 1 rings (SSSR count). The number of quaternary nitrogens is 1. The van der Waals surface area contributed by atoms with Crippen molar-refractivity contribution in [2.75, 3.05) is 26.8 Å². The van der Waals surface area contributed by atoms with Gasteiger partial charge in [0.1, 0.15) is 6.20 Å². The van der Waals surface area contributed by atoms with Crippen LogP contribution in [0.4, 0.5) is 0 Å². The summed E-state index contributed by atoms with van der Waals surface area (Å²) < 4.78 is 1.11. The summed E-state index contributed by atoms with van der Waals surface area (Å²) in [5.74, 6) is 0. The van der Waals surface area contributed by atoms with Crippen molar-refractivity contribution in [3.05, 3.63) is 12.4 Å². The van der Waals surface area contributed by atoms with Crippen LogP contribution in [-0.4, -0.2) is 36.2 Å². The van der Waals surface area contributed by atoms with E-state index in [9.17, 15) is 0 Å².